The number of nitrogens with zero attached hydrogens (tertiary/aromatic N) is 4. The van der Waals surface area contributed by atoms with Crippen molar-refractivity contribution in [3.63, 3.8) is 0 Å². The highest BCUT2D eigenvalue weighted by Crippen LogP contribution is 2.29. The Bertz CT molecular complexity index is 720. The average molecular weight is 393 g/mol. The summed E-state index contributed by atoms with van der Waals surface area (Å²) in [5, 5.41) is 11.7. The topological polar surface area (TPSA) is 60.3 Å². The molecule has 140 valence electrons. The van der Waals surface area contributed by atoms with Crippen molar-refractivity contribution in [2.45, 2.75) is 49.9 Å². The van der Waals surface area contributed by atoms with Gasteiger partial charge < -0.3 is 9.64 Å². The van der Waals surface area contributed by atoms with Crippen molar-refractivity contribution in [3.05, 3.63) is 17.5 Å². The number of piperidine rings is 1. The van der Waals surface area contributed by atoms with Gasteiger partial charge in [-0.1, -0.05) is 17.8 Å². The van der Waals surface area contributed by atoms with Crippen LogP contribution < -0.4 is 0 Å². The van der Waals surface area contributed by atoms with Crippen molar-refractivity contribution in [2.75, 3.05) is 25.4 Å². The van der Waals surface area contributed by atoms with Gasteiger partial charge in [-0.2, -0.15) is 0 Å². The Balaban J connectivity index is 1.48. The Labute approximate surface area is 161 Å². The molecule has 2 saturated heterocycles. The van der Waals surface area contributed by atoms with Gasteiger partial charge in [0.1, 0.15) is 0 Å². The van der Waals surface area contributed by atoms with Gasteiger partial charge in [-0.25, -0.2) is 0 Å². The van der Waals surface area contributed by atoms with E-state index in [4.69, 9.17) is 4.74 Å². The highest BCUT2D eigenvalue weighted by molar-refractivity contribution is 7.99. The average Bonchev–Trinajstić information content (AvgIpc) is 3.43. The number of ether oxygens (including phenoxy) is 1. The van der Waals surface area contributed by atoms with E-state index in [9.17, 15) is 4.79 Å². The lowest BCUT2D eigenvalue weighted by atomic mass is 10.1. The van der Waals surface area contributed by atoms with Crippen molar-refractivity contribution < 1.29 is 9.53 Å². The first-order valence-electron chi connectivity index (χ1n) is 9.30. The van der Waals surface area contributed by atoms with Gasteiger partial charge in [-0.05, 0) is 43.6 Å². The van der Waals surface area contributed by atoms with Crippen LogP contribution in [-0.2, 0) is 16.1 Å². The zero-order valence-corrected chi connectivity index (χ0v) is 16.4. The zero-order chi connectivity index (χ0) is 17.8. The van der Waals surface area contributed by atoms with Gasteiger partial charge in [0.05, 0.1) is 23.3 Å². The molecule has 1 atom stereocenters. The van der Waals surface area contributed by atoms with Crippen LogP contribution in [0, 0.1) is 0 Å². The van der Waals surface area contributed by atoms with Crippen molar-refractivity contribution in [1.82, 2.24) is 19.7 Å². The molecule has 2 aliphatic rings. The number of carbonyl (C=O) groups excluding carboxylic acids is 1. The van der Waals surface area contributed by atoms with Crippen LogP contribution in [0.3, 0.4) is 0 Å². The van der Waals surface area contributed by atoms with E-state index in [0.29, 0.717) is 5.75 Å². The molecule has 1 amide bonds. The van der Waals surface area contributed by atoms with Gasteiger partial charge in [0.15, 0.2) is 11.0 Å². The van der Waals surface area contributed by atoms with Crippen molar-refractivity contribution >= 4 is 29.0 Å². The summed E-state index contributed by atoms with van der Waals surface area (Å²) in [6, 6.07) is 4.09. The molecule has 2 aliphatic heterocycles. The Morgan fingerprint density at radius 3 is 2.88 bits per heavy atom. The van der Waals surface area contributed by atoms with Crippen molar-refractivity contribution in [2.24, 2.45) is 0 Å². The monoisotopic (exact) mass is 392 g/mol. The van der Waals surface area contributed by atoms with Crippen LogP contribution in [0.25, 0.3) is 10.7 Å². The fourth-order valence-electron chi connectivity index (χ4n) is 3.50. The van der Waals surface area contributed by atoms with Crippen molar-refractivity contribution in [1.29, 1.82) is 0 Å². The van der Waals surface area contributed by atoms with E-state index in [1.54, 1.807) is 11.3 Å². The smallest absolute Gasteiger partial charge is 0.233 e. The molecular weight excluding hydrogens is 368 g/mol. The predicted molar refractivity (Wildman–Crippen MR) is 103 cm³/mol. The molecule has 26 heavy (non-hydrogen) atoms. The standard InChI is InChI=1S/C18H24N4O2S2/c23-16(21-8-2-1-3-9-21)13-26-18-20-19-17(15-7-5-11-25-15)22(18)12-14-6-4-10-24-14/h5,7,11,14H,1-4,6,8-10,12-13H2. The maximum Gasteiger partial charge on any atom is 0.233 e. The fourth-order valence-corrected chi connectivity index (χ4v) is 5.07. The summed E-state index contributed by atoms with van der Waals surface area (Å²) in [4.78, 5) is 15.6. The number of likely N-dealkylation sites (tertiary alicyclic amines) is 1. The van der Waals surface area contributed by atoms with Gasteiger partial charge in [0.25, 0.3) is 0 Å². The first kappa shape index (κ1) is 18.0. The Morgan fingerprint density at radius 2 is 2.15 bits per heavy atom. The third kappa shape index (κ3) is 4.13. The van der Waals surface area contributed by atoms with E-state index in [-0.39, 0.29) is 12.0 Å². The summed E-state index contributed by atoms with van der Waals surface area (Å²) in [6.07, 6.45) is 5.86. The fraction of sp³-hybridized carbons (Fsp3) is 0.611. The number of carbonyl (C=O) groups is 1. The molecule has 4 rings (SSSR count). The Morgan fingerprint density at radius 1 is 1.27 bits per heavy atom. The van der Waals surface area contributed by atoms with Gasteiger partial charge in [-0.15, -0.1) is 21.5 Å². The SMILES string of the molecule is O=C(CSc1nnc(-c2cccs2)n1CC1CCCO1)N1CCCCC1. The number of aromatic nitrogens is 3. The van der Waals surface area contributed by atoms with Crippen LogP contribution in [0.2, 0.25) is 0 Å². The zero-order valence-electron chi connectivity index (χ0n) is 14.8. The predicted octanol–water partition coefficient (Wildman–Crippen LogP) is 3.29. The normalized spacial score (nSPS) is 20.6. The molecule has 2 fully saturated rings. The summed E-state index contributed by atoms with van der Waals surface area (Å²) >= 11 is 3.16. The second kappa shape index (κ2) is 8.54. The molecule has 6 nitrogen and oxygen atoms in total. The van der Waals surface area contributed by atoms with Crippen LogP contribution in [0.1, 0.15) is 32.1 Å². The van der Waals surface area contributed by atoms with E-state index >= 15 is 0 Å². The molecule has 8 heteroatoms. The summed E-state index contributed by atoms with van der Waals surface area (Å²) in [7, 11) is 0. The molecule has 0 radical (unpaired) electrons. The molecule has 1 unspecified atom stereocenters. The third-order valence-corrected chi connectivity index (χ3v) is 6.72. The van der Waals surface area contributed by atoms with E-state index in [1.807, 2.05) is 16.3 Å². The van der Waals surface area contributed by atoms with E-state index in [1.165, 1.54) is 18.2 Å². The van der Waals surface area contributed by atoms with Gasteiger partial charge in [0.2, 0.25) is 5.91 Å². The first-order chi connectivity index (χ1) is 12.8. The Kier molecular flexibility index (Phi) is 5.91. The van der Waals surface area contributed by atoms with Crippen LogP contribution in [0.5, 0.6) is 0 Å². The molecule has 0 bridgehead atoms. The largest absolute Gasteiger partial charge is 0.376 e. The van der Waals surface area contributed by atoms with Gasteiger partial charge in [-0.3, -0.25) is 9.36 Å². The van der Waals surface area contributed by atoms with Crippen molar-refractivity contribution in [3.8, 4) is 10.7 Å². The lowest BCUT2D eigenvalue weighted by Gasteiger charge is -2.26. The second-order valence-corrected chi connectivity index (χ2v) is 8.65. The van der Waals surface area contributed by atoms with E-state index in [2.05, 4.69) is 20.8 Å². The first-order valence-corrected chi connectivity index (χ1v) is 11.2. The molecule has 0 aromatic carbocycles. The van der Waals surface area contributed by atoms with Gasteiger partial charge >= 0.3 is 0 Å². The van der Waals surface area contributed by atoms with Gasteiger partial charge in [0, 0.05) is 19.7 Å². The maximum atomic E-state index is 12.5. The van der Waals surface area contributed by atoms with E-state index in [0.717, 1.165) is 67.8 Å². The molecule has 2 aromatic rings. The Hall–Kier alpha value is -1.38. The molecule has 0 saturated carbocycles. The molecule has 4 heterocycles. The molecule has 0 aliphatic carbocycles. The van der Waals surface area contributed by atoms with E-state index < -0.39 is 0 Å². The lowest BCUT2D eigenvalue weighted by molar-refractivity contribution is -0.129. The highest BCUT2D eigenvalue weighted by Gasteiger charge is 2.23. The summed E-state index contributed by atoms with van der Waals surface area (Å²) in [5.41, 5.74) is 0. The lowest BCUT2D eigenvalue weighted by Crippen LogP contribution is -2.36. The third-order valence-electron chi connectivity index (χ3n) is 4.90. The summed E-state index contributed by atoms with van der Waals surface area (Å²) in [5.74, 6) is 1.51. The number of amides is 1. The maximum absolute atomic E-state index is 12.5. The molecule has 0 spiro atoms. The van der Waals surface area contributed by atoms with Crippen LogP contribution in [0.4, 0.5) is 0 Å². The van der Waals surface area contributed by atoms with Crippen LogP contribution in [0.15, 0.2) is 22.7 Å². The number of rotatable bonds is 6. The minimum absolute atomic E-state index is 0.207. The second-order valence-electron chi connectivity index (χ2n) is 6.76. The van der Waals surface area contributed by atoms with Crippen LogP contribution >= 0.6 is 23.1 Å². The molecule has 0 N–H and O–H groups in total. The molecule has 2 aromatic heterocycles. The minimum Gasteiger partial charge on any atom is -0.376 e. The minimum atomic E-state index is 0.207. The summed E-state index contributed by atoms with van der Waals surface area (Å²) < 4.78 is 7.95. The number of hydrogen-bond acceptors (Lipinski definition) is 6. The highest BCUT2D eigenvalue weighted by atomic mass is 32.2. The molecular formula is C18H24N4O2S2. The number of hydrogen-bond donors (Lipinski definition) is 0. The number of thioether (sulfide) groups is 1. The van der Waals surface area contributed by atoms with Crippen LogP contribution in [-0.4, -0.2) is 57.1 Å². The summed E-state index contributed by atoms with van der Waals surface area (Å²) in [6.45, 7) is 3.36. The quantitative estimate of drug-likeness (QED) is 0.706. The number of thiophene rings is 1.